The summed E-state index contributed by atoms with van der Waals surface area (Å²) in [7, 11) is -1.53. The van der Waals surface area contributed by atoms with E-state index in [1.807, 2.05) is 19.2 Å². The average Bonchev–Trinajstić information content (AvgIpc) is 2.85. The highest BCUT2D eigenvalue weighted by Crippen LogP contribution is 2.27. The van der Waals surface area contributed by atoms with Gasteiger partial charge in [-0.1, -0.05) is 32.4 Å². The van der Waals surface area contributed by atoms with Crippen LogP contribution < -0.4 is 10.0 Å². The summed E-state index contributed by atoms with van der Waals surface area (Å²) in [6, 6.07) is 7.51. The summed E-state index contributed by atoms with van der Waals surface area (Å²) in [5.74, 6) is 0.420. The summed E-state index contributed by atoms with van der Waals surface area (Å²) in [4.78, 5) is 0.368. The van der Waals surface area contributed by atoms with Crippen LogP contribution in [0.5, 0.6) is 0 Å². The Bertz CT molecular complexity index is 567. The second-order valence-electron chi connectivity index (χ2n) is 5.96. The highest BCUT2D eigenvalue weighted by Gasteiger charge is 2.28. The molecule has 2 N–H and O–H groups in total. The molecule has 1 aromatic rings. The molecule has 0 bridgehead atoms. The molecular formula is C16H26N2O2S. The molecule has 3 atom stereocenters. The maximum absolute atomic E-state index is 12.6. The third kappa shape index (κ3) is 3.84. The first-order valence-corrected chi connectivity index (χ1v) is 9.25. The van der Waals surface area contributed by atoms with Crippen LogP contribution in [0.25, 0.3) is 0 Å². The Morgan fingerprint density at radius 3 is 2.67 bits per heavy atom. The number of sulfonamides is 1. The van der Waals surface area contributed by atoms with E-state index >= 15 is 0 Å². The van der Waals surface area contributed by atoms with Crippen LogP contribution in [-0.4, -0.2) is 21.5 Å². The standard InChI is InChI=1S/C16H26N2O2S/c1-4-15(17-3)13-8-6-9-14(11-13)21(19,20)18-16-10-5-7-12(16)2/h6,8-9,11-12,15-18H,4-5,7,10H2,1-3H3. The Kier molecular flexibility index (Phi) is 5.41. The molecule has 0 amide bonds. The third-order valence-corrected chi connectivity index (χ3v) is 5.98. The molecule has 118 valence electrons. The fraction of sp³-hybridized carbons (Fsp3) is 0.625. The summed E-state index contributed by atoms with van der Waals surface area (Å²) >= 11 is 0. The molecule has 5 heteroatoms. The van der Waals surface area contributed by atoms with E-state index in [9.17, 15) is 8.42 Å². The van der Waals surface area contributed by atoms with E-state index < -0.39 is 10.0 Å². The molecule has 4 nitrogen and oxygen atoms in total. The minimum absolute atomic E-state index is 0.0740. The van der Waals surface area contributed by atoms with E-state index in [1.54, 1.807) is 12.1 Å². The van der Waals surface area contributed by atoms with E-state index in [0.29, 0.717) is 10.8 Å². The van der Waals surface area contributed by atoms with Gasteiger partial charge in [0.15, 0.2) is 0 Å². The van der Waals surface area contributed by atoms with Crippen LogP contribution in [0.15, 0.2) is 29.2 Å². The fourth-order valence-electron chi connectivity index (χ4n) is 3.09. The first kappa shape index (κ1) is 16.5. The van der Waals surface area contributed by atoms with E-state index in [0.717, 1.165) is 31.2 Å². The second kappa shape index (κ2) is 6.90. The summed E-state index contributed by atoms with van der Waals surface area (Å²) in [6.07, 6.45) is 4.07. The molecular weight excluding hydrogens is 284 g/mol. The zero-order valence-corrected chi connectivity index (χ0v) is 13.9. The predicted octanol–water partition coefficient (Wildman–Crippen LogP) is 2.82. The number of rotatable bonds is 6. The number of benzene rings is 1. The van der Waals surface area contributed by atoms with E-state index in [2.05, 4.69) is 23.9 Å². The Morgan fingerprint density at radius 2 is 2.10 bits per heavy atom. The Labute approximate surface area is 128 Å². The summed E-state index contributed by atoms with van der Waals surface area (Å²) in [5, 5.41) is 3.21. The lowest BCUT2D eigenvalue weighted by atomic mass is 10.1. The normalized spacial score (nSPS) is 24.1. The predicted molar refractivity (Wildman–Crippen MR) is 85.7 cm³/mol. The smallest absolute Gasteiger partial charge is 0.240 e. The molecule has 21 heavy (non-hydrogen) atoms. The van der Waals surface area contributed by atoms with Gasteiger partial charge in [0.1, 0.15) is 0 Å². The summed E-state index contributed by atoms with van der Waals surface area (Å²) in [6.45, 7) is 4.20. The molecule has 0 saturated heterocycles. The van der Waals surface area contributed by atoms with Gasteiger partial charge in [0.2, 0.25) is 10.0 Å². The summed E-state index contributed by atoms with van der Waals surface area (Å²) < 4.78 is 28.0. The van der Waals surface area contributed by atoms with E-state index in [-0.39, 0.29) is 12.1 Å². The third-order valence-electron chi connectivity index (χ3n) is 4.50. The van der Waals surface area contributed by atoms with Crippen molar-refractivity contribution in [1.82, 2.24) is 10.0 Å². The van der Waals surface area contributed by atoms with Crippen LogP contribution >= 0.6 is 0 Å². The first-order valence-electron chi connectivity index (χ1n) is 7.77. The van der Waals surface area contributed by atoms with E-state index in [1.165, 1.54) is 0 Å². The van der Waals surface area contributed by atoms with Crippen LogP contribution in [-0.2, 0) is 10.0 Å². The number of hydrogen-bond donors (Lipinski definition) is 2. The second-order valence-corrected chi connectivity index (χ2v) is 7.67. The molecule has 3 unspecified atom stereocenters. The van der Waals surface area contributed by atoms with Gasteiger partial charge in [-0.15, -0.1) is 0 Å². The van der Waals surface area contributed by atoms with Crippen molar-refractivity contribution < 1.29 is 8.42 Å². The van der Waals surface area contributed by atoms with Crippen molar-refractivity contribution in [2.45, 2.75) is 56.5 Å². The molecule has 1 aliphatic rings. The zero-order valence-electron chi connectivity index (χ0n) is 13.1. The fourth-order valence-corrected chi connectivity index (χ4v) is 4.53. The molecule has 0 heterocycles. The lowest BCUT2D eigenvalue weighted by molar-refractivity contribution is 0.476. The molecule has 1 aliphatic carbocycles. The quantitative estimate of drug-likeness (QED) is 0.849. The maximum atomic E-state index is 12.6. The van der Waals surface area contributed by atoms with Crippen LogP contribution in [0.3, 0.4) is 0 Å². The average molecular weight is 310 g/mol. The van der Waals surface area contributed by atoms with Crippen LogP contribution in [0.1, 0.15) is 51.1 Å². The lowest BCUT2D eigenvalue weighted by Gasteiger charge is -2.19. The van der Waals surface area contributed by atoms with Gasteiger partial charge in [0.05, 0.1) is 4.90 Å². The topological polar surface area (TPSA) is 58.2 Å². The molecule has 1 saturated carbocycles. The molecule has 1 fully saturated rings. The maximum Gasteiger partial charge on any atom is 0.240 e. The molecule has 1 aromatic carbocycles. The molecule has 0 aliphatic heterocycles. The molecule has 0 radical (unpaired) electrons. The Balaban J connectivity index is 2.21. The largest absolute Gasteiger partial charge is 0.313 e. The van der Waals surface area contributed by atoms with Crippen molar-refractivity contribution in [3.05, 3.63) is 29.8 Å². The minimum atomic E-state index is -3.43. The van der Waals surface area contributed by atoms with Crippen molar-refractivity contribution in [3.8, 4) is 0 Å². The van der Waals surface area contributed by atoms with Crippen molar-refractivity contribution in [2.75, 3.05) is 7.05 Å². The first-order chi connectivity index (χ1) is 9.97. The van der Waals surface area contributed by atoms with Gasteiger partial charge in [-0.2, -0.15) is 0 Å². The van der Waals surface area contributed by atoms with Crippen molar-refractivity contribution in [3.63, 3.8) is 0 Å². The SMILES string of the molecule is CCC(NC)c1cccc(S(=O)(=O)NC2CCCC2C)c1. The Hall–Kier alpha value is -0.910. The van der Waals surface area contributed by atoms with Gasteiger partial charge in [-0.3, -0.25) is 0 Å². The van der Waals surface area contributed by atoms with Gasteiger partial charge >= 0.3 is 0 Å². The highest BCUT2D eigenvalue weighted by atomic mass is 32.2. The van der Waals surface area contributed by atoms with Crippen LogP contribution in [0.2, 0.25) is 0 Å². The van der Waals surface area contributed by atoms with E-state index in [4.69, 9.17) is 0 Å². The molecule has 0 aromatic heterocycles. The van der Waals surface area contributed by atoms with Crippen LogP contribution in [0.4, 0.5) is 0 Å². The number of hydrogen-bond acceptors (Lipinski definition) is 3. The number of nitrogens with one attached hydrogen (secondary N) is 2. The minimum Gasteiger partial charge on any atom is -0.313 e. The monoisotopic (exact) mass is 310 g/mol. The van der Waals surface area contributed by atoms with Crippen molar-refractivity contribution in [2.24, 2.45) is 5.92 Å². The molecule has 2 rings (SSSR count). The molecule has 0 spiro atoms. The zero-order chi connectivity index (χ0) is 15.5. The van der Waals surface area contributed by atoms with Gasteiger partial charge < -0.3 is 5.32 Å². The Morgan fingerprint density at radius 1 is 1.33 bits per heavy atom. The van der Waals surface area contributed by atoms with Gasteiger partial charge in [-0.25, -0.2) is 13.1 Å². The van der Waals surface area contributed by atoms with Crippen molar-refractivity contribution in [1.29, 1.82) is 0 Å². The van der Waals surface area contributed by atoms with Crippen molar-refractivity contribution >= 4 is 10.0 Å². The van der Waals surface area contributed by atoms with Gasteiger partial charge in [0, 0.05) is 12.1 Å². The lowest BCUT2D eigenvalue weighted by Crippen LogP contribution is -2.36. The van der Waals surface area contributed by atoms with Gasteiger partial charge in [-0.05, 0) is 49.9 Å². The summed E-state index contributed by atoms with van der Waals surface area (Å²) in [5.41, 5.74) is 1.02. The van der Waals surface area contributed by atoms with Crippen LogP contribution in [0, 0.1) is 5.92 Å². The highest BCUT2D eigenvalue weighted by molar-refractivity contribution is 7.89. The van der Waals surface area contributed by atoms with Gasteiger partial charge in [0.25, 0.3) is 0 Å².